The molecule has 0 spiro atoms. The molecule has 1 atom stereocenters. The number of rotatable bonds is 8. The van der Waals surface area contributed by atoms with Gasteiger partial charge >= 0.3 is 12.0 Å². The molecule has 1 saturated heterocycles. The number of amides is 3. The van der Waals surface area contributed by atoms with Gasteiger partial charge in [-0.2, -0.15) is 0 Å². The molecule has 3 amide bonds. The van der Waals surface area contributed by atoms with Crippen molar-refractivity contribution in [1.82, 2.24) is 10.2 Å². The summed E-state index contributed by atoms with van der Waals surface area (Å²) in [5.41, 5.74) is 5.28. The van der Waals surface area contributed by atoms with Crippen LogP contribution >= 0.6 is 0 Å². The molecule has 7 heteroatoms. The number of primary amides is 1. The predicted octanol–water partition coefficient (Wildman–Crippen LogP) is 0.928. The van der Waals surface area contributed by atoms with Gasteiger partial charge in [0.05, 0.1) is 5.92 Å². The Kier molecular flexibility index (Phi) is 7.56. The third-order valence-electron chi connectivity index (χ3n) is 3.70. The van der Waals surface area contributed by atoms with Gasteiger partial charge in [-0.05, 0) is 25.7 Å². The van der Waals surface area contributed by atoms with Crippen LogP contribution in [0.3, 0.4) is 0 Å². The van der Waals surface area contributed by atoms with E-state index in [-0.39, 0.29) is 24.3 Å². The van der Waals surface area contributed by atoms with Gasteiger partial charge in [0.15, 0.2) is 0 Å². The molecular formula is C14H25N3O4. The average Bonchev–Trinajstić information content (AvgIpc) is 2.45. The van der Waals surface area contributed by atoms with Crippen molar-refractivity contribution >= 4 is 17.9 Å². The second kappa shape index (κ2) is 9.20. The number of nitrogens with two attached hydrogens (primary N) is 1. The van der Waals surface area contributed by atoms with E-state index in [1.54, 1.807) is 4.90 Å². The summed E-state index contributed by atoms with van der Waals surface area (Å²) < 4.78 is 0. The number of nitrogens with zero attached hydrogens (tertiary/aromatic N) is 1. The Labute approximate surface area is 124 Å². The van der Waals surface area contributed by atoms with E-state index in [0.29, 0.717) is 26.1 Å². The van der Waals surface area contributed by atoms with Crippen LogP contribution in [0.2, 0.25) is 0 Å². The van der Waals surface area contributed by atoms with Gasteiger partial charge in [0.2, 0.25) is 5.91 Å². The minimum Gasteiger partial charge on any atom is -0.481 e. The molecule has 0 aromatic carbocycles. The van der Waals surface area contributed by atoms with Gasteiger partial charge in [-0.25, -0.2) is 4.79 Å². The lowest BCUT2D eigenvalue weighted by atomic mass is 9.98. The molecule has 7 nitrogen and oxygen atoms in total. The van der Waals surface area contributed by atoms with Crippen molar-refractivity contribution < 1.29 is 19.5 Å². The maximum atomic E-state index is 11.9. The van der Waals surface area contributed by atoms with Gasteiger partial charge in [-0.15, -0.1) is 0 Å². The van der Waals surface area contributed by atoms with E-state index in [0.717, 1.165) is 32.1 Å². The first-order valence-electron chi connectivity index (χ1n) is 7.54. The van der Waals surface area contributed by atoms with E-state index in [1.165, 1.54) is 0 Å². The lowest BCUT2D eigenvalue weighted by molar-refractivity contribution is -0.137. The van der Waals surface area contributed by atoms with Crippen LogP contribution in [0.15, 0.2) is 0 Å². The monoisotopic (exact) mass is 299 g/mol. The third-order valence-corrected chi connectivity index (χ3v) is 3.70. The Balaban J connectivity index is 2.10. The molecule has 0 aromatic heterocycles. The van der Waals surface area contributed by atoms with Gasteiger partial charge in [0.1, 0.15) is 0 Å². The molecule has 21 heavy (non-hydrogen) atoms. The van der Waals surface area contributed by atoms with Crippen molar-refractivity contribution in [2.24, 2.45) is 11.7 Å². The summed E-state index contributed by atoms with van der Waals surface area (Å²) >= 11 is 0. The Bertz CT molecular complexity index is 373. The lowest BCUT2D eigenvalue weighted by Gasteiger charge is -2.31. The van der Waals surface area contributed by atoms with Gasteiger partial charge in [-0.3, -0.25) is 9.59 Å². The largest absolute Gasteiger partial charge is 0.481 e. The van der Waals surface area contributed by atoms with Gasteiger partial charge < -0.3 is 21.1 Å². The summed E-state index contributed by atoms with van der Waals surface area (Å²) in [6.45, 7) is 1.64. The van der Waals surface area contributed by atoms with Crippen LogP contribution in [-0.2, 0) is 9.59 Å². The lowest BCUT2D eigenvalue weighted by Crippen LogP contribution is -2.48. The second-order valence-corrected chi connectivity index (χ2v) is 5.48. The molecule has 0 saturated carbocycles. The number of aliphatic carboxylic acids is 1. The topological polar surface area (TPSA) is 113 Å². The normalized spacial score (nSPS) is 18.3. The van der Waals surface area contributed by atoms with Gasteiger partial charge in [0, 0.05) is 26.1 Å². The van der Waals surface area contributed by atoms with Crippen LogP contribution in [-0.4, -0.2) is 47.5 Å². The Morgan fingerprint density at radius 3 is 2.57 bits per heavy atom. The Morgan fingerprint density at radius 2 is 1.90 bits per heavy atom. The van der Waals surface area contributed by atoms with Crippen molar-refractivity contribution in [3.63, 3.8) is 0 Å². The van der Waals surface area contributed by atoms with Crippen molar-refractivity contribution in [2.45, 2.75) is 44.9 Å². The number of nitrogens with one attached hydrogen (secondary N) is 1. The van der Waals surface area contributed by atoms with Gasteiger partial charge in [-0.1, -0.05) is 12.8 Å². The molecule has 0 bridgehead atoms. The molecule has 0 radical (unpaired) electrons. The highest BCUT2D eigenvalue weighted by Crippen LogP contribution is 2.15. The van der Waals surface area contributed by atoms with E-state index >= 15 is 0 Å². The quantitative estimate of drug-likeness (QED) is 0.578. The summed E-state index contributed by atoms with van der Waals surface area (Å²) in [6.07, 6.45) is 5.02. The molecule has 1 heterocycles. The van der Waals surface area contributed by atoms with Crippen LogP contribution < -0.4 is 11.1 Å². The van der Waals surface area contributed by atoms with E-state index in [2.05, 4.69) is 5.32 Å². The minimum absolute atomic E-state index is 0.147. The zero-order valence-corrected chi connectivity index (χ0v) is 12.3. The molecule has 120 valence electrons. The standard InChI is InChI=1S/C14H25N3O4/c15-13(20)11-6-5-9-17(10-11)14(21)16-8-4-2-1-3-7-12(18)19/h11H,1-10H2,(H2,15,20)(H,16,21)(H,18,19). The number of carbonyl (C=O) groups excluding carboxylic acids is 2. The van der Waals surface area contributed by atoms with Crippen LogP contribution in [0, 0.1) is 5.92 Å². The van der Waals surface area contributed by atoms with E-state index in [4.69, 9.17) is 10.8 Å². The SMILES string of the molecule is NC(=O)C1CCCN(C(=O)NCCCCCCC(=O)O)C1. The fourth-order valence-corrected chi connectivity index (χ4v) is 2.46. The number of carbonyl (C=O) groups is 3. The smallest absolute Gasteiger partial charge is 0.317 e. The summed E-state index contributed by atoms with van der Waals surface area (Å²) in [6, 6.07) is -0.147. The summed E-state index contributed by atoms with van der Waals surface area (Å²) in [4.78, 5) is 35.1. The number of hydrogen-bond donors (Lipinski definition) is 3. The molecule has 1 rings (SSSR count). The van der Waals surface area contributed by atoms with Crippen molar-refractivity contribution in [3.8, 4) is 0 Å². The van der Waals surface area contributed by atoms with E-state index in [1.807, 2.05) is 0 Å². The molecule has 0 aromatic rings. The molecule has 1 aliphatic heterocycles. The molecule has 1 unspecified atom stereocenters. The number of likely N-dealkylation sites (tertiary alicyclic amines) is 1. The summed E-state index contributed by atoms with van der Waals surface area (Å²) in [7, 11) is 0. The molecule has 0 aliphatic carbocycles. The van der Waals surface area contributed by atoms with Crippen LogP contribution in [0.5, 0.6) is 0 Å². The molecule has 1 aliphatic rings. The van der Waals surface area contributed by atoms with Crippen LogP contribution in [0.4, 0.5) is 4.79 Å². The molecule has 1 fully saturated rings. The van der Waals surface area contributed by atoms with Crippen LogP contribution in [0.25, 0.3) is 0 Å². The highest BCUT2D eigenvalue weighted by Gasteiger charge is 2.26. The molecular weight excluding hydrogens is 274 g/mol. The first-order chi connectivity index (χ1) is 10.0. The third kappa shape index (κ3) is 6.97. The second-order valence-electron chi connectivity index (χ2n) is 5.48. The first kappa shape index (κ1) is 17.3. The molecule has 4 N–H and O–H groups in total. The predicted molar refractivity (Wildman–Crippen MR) is 77.6 cm³/mol. The first-order valence-corrected chi connectivity index (χ1v) is 7.54. The van der Waals surface area contributed by atoms with E-state index in [9.17, 15) is 14.4 Å². The maximum absolute atomic E-state index is 11.9. The average molecular weight is 299 g/mol. The van der Waals surface area contributed by atoms with Crippen molar-refractivity contribution in [1.29, 1.82) is 0 Å². The van der Waals surface area contributed by atoms with E-state index < -0.39 is 5.97 Å². The number of urea groups is 1. The van der Waals surface area contributed by atoms with Crippen molar-refractivity contribution in [3.05, 3.63) is 0 Å². The number of carboxylic acids is 1. The van der Waals surface area contributed by atoms with Gasteiger partial charge in [0.25, 0.3) is 0 Å². The number of hydrogen-bond acceptors (Lipinski definition) is 3. The minimum atomic E-state index is -0.766. The van der Waals surface area contributed by atoms with Crippen molar-refractivity contribution in [2.75, 3.05) is 19.6 Å². The summed E-state index contributed by atoms with van der Waals surface area (Å²) in [5.74, 6) is -1.34. The number of carboxylic acid groups (broad SMARTS) is 1. The summed E-state index contributed by atoms with van der Waals surface area (Å²) in [5, 5.41) is 11.3. The Morgan fingerprint density at radius 1 is 1.19 bits per heavy atom. The number of unbranched alkanes of at least 4 members (excludes halogenated alkanes) is 3. The zero-order chi connectivity index (χ0) is 15.7. The highest BCUT2D eigenvalue weighted by molar-refractivity contribution is 5.79. The fourth-order valence-electron chi connectivity index (χ4n) is 2.46. The Hall–Kier alpha value is -1.79. The highest BCUT2D eigenvalue weighted by atomic mass is 16.4. The zero-order valence-electron chi connectivity index (χ0n) is 12.3. The number of piperidine rings is 1. The fraction of sp³-hybridized carbons (Fsp3) is 0.786. The van der Waals surface area contributed by atoms with Crippen LogP contribution in [0.1, 0.15) is 44.9 Å². The maximum Gasteiger partial charge on any atom is 0.317 e.